The van der Waals surface area contributed by atoms with Gasteiger partial charge in [-0.2, -0.15) is 0 Å². The lowest BCUT2D eigenvalue weighted by Gasteiger charge is -2.11. The molecule has 1 heterocycles. The van der Waals surface area contributed by atoms with Crippen LogP contribution in [0.1, 0.15) is 16.3 Å². The van der Waals surface area contributed by atoms with E-state index in [4.69, 9.17) is 18.6 Å². The molecule has 9 heteroatoms. The quantitative estimate of drug-likeness (QED) is 0.359. The summed E-state index contributed by atoms with van der Waals surface area (Å²) in [5, 5.41) is 2.56. The van der Waals surface area contributed by atoms with Crippen molar-refractivity contribution in [1.29, 1.82) is 0 Å². The molecule has 1 aromatic heterocycles. The van der Waals surface area contributed by atoms with Crippen LogP contribution >= 0.6 is 0 Å². The molecule has 0 atom stereocenters. The van der Waals surface area contributed by atoms with E-state index in [1.54, 1.807) is 25.3 Å². The number of rotatable bonds is 9. The van der Waals surface area contributed by atoms with Gasteiger partial charge in [0, 0.05) is 0 Å². The average molecular weight is 425 g/mol. The number of amides is 3. The zero-order chi connectivity index (χ0) is 21.9. The molecule has 2 aromatic carbocycles. The van der Waals surface area contributed by atoms with Crippen LogP contribution in [0.15, 0.2) is 71.1 Å². The molecule has 0 saturated heterocycles. The third kappa shape index (κ3) is 6.70. The Morgan fingerprint density at radius 2 is 1.61 bits per heavy atom. The maximum Gasteiger partial charge on any atom is 0.333 e. The summed E-state index contributed by atoms with van der Waals surface area (Å²) in [6.45, 7) is 0.629. The van der Waals surface area contributed by atoms with Crippen LogP contribution in [0.25, 0.3) is 0 Å². The number of methoxy groups -OCH3 is 1. The number of carbonyl (C=O) groups excluding carboxylic acids is 2. The second-order valence-corrected chi connectivity index (χ2v) is 6.20. The molecule has 0 unspecified atom stereocenters. The normalized spacial score (nSPS) is 10.1. The summed E-state index contributed by atoms with van der Waals surface area (Å²) >= 11 is 0. The largest absolute Gasteiger partial charge is 0.493 e. The van der Waals surface area contributed by atoms with Gasteiger partial charge in [0.2, 0.25) is 0 Å². The molecular weight excluding hydrogens is 402 g/mol. The monoisotopic (exact) mass is 425 g/mol. The molecule has 0 aliphatic carbocycles. The van der Waals surface area contributed by atoms with Crippen LogP contribution in [0, 0.1) is 0 Å². The van der Waals surface area contributed by atoms with Crippen molar-refractivity contribution in [3.05, 3.63) is 78.3 Å². The first-order valence-corrected chi connectivity index (χ1v) is 9.52. The maximum atomic E-state index is 12.1. The van der Waals surface area contributed by atoms with E-state index in [0.29, 0.717) is 23.0 Å². The van der Waals surface area contributed by atoms with E-state index < -0.39 is 11.9 Å². The first kappa shape index (κ1) is 21.6. The zero-order valence-corrected chi connectivity index (χ0v) is 16.9. The van der Waals surface area contributed by atoms with E-state index in [1.165, 1.54) is 6.07 Å². The average Bonchev–Trinajstić information content (AvgIpc) is 3.29. The lowest BCUT2D eigenvalue weighted by atomic mass is 10.3. The summed E-state index contributed by atoms with van der Waals surface area (Å²) in [5.74, 6) is 1.80. The van der Waals surface area contributed by atoms with Crippen LogP contribution in [-0.4, -0.2) is 32.2 Å². The number of nitrogens with one attached hydrogen (secondary N) is 3. The van der Waals surface area contributed by atoms with Crippen LogP contribution in [0.5, 0.6) is 17.2 Å². The first-order valence-electron chi connectivity index (χ1n) is 9.52. The number of hydrazine groups is 1. The highest BCUT2D eigenvalue weighted by Gasteiger charge is 2.12. The Kier molecular flexibility index (Phi) is 7.76. The number of hydrogen-bond acceptors (Lipinski definition) is 6. The van der Waals surface area contributed by atoms with Crippen LogP contribution in [0.4, 0.5) is 4.79 Å². The molecule has 31 heavy (non-hydrogen) atoms. The lowest BCUT2D eigenvalue weighted by Crippen LogP contribution is -2.47. The molecule has 162 valence electrons. The molecule has 0 radical (unpaired) electrons. The van der Waals surface area contributed by atoms with Gasteiger partial charge in [-0.1, -0.05) is 30.3 Å². The van der Waals surface area contributed by atoms with Crippen molar-refractivity contribution >= 4 is 11.9 Å². The van der Waals surface area contributed by atoms with Crippen LogP contribution in [0.3, 0.4) is 0 Å². The van der Waals surface area contributed by atoms with Gasteiger partial charge in [-0.05, 0) is 36.4 Å². The Hall–Kier alpha value is -4.14. The highest BCUT2D eigenvalue weighted by atomic mass is 16.5. The minimum atomic E-state index is -0.591. The number of benzene rings is 2. The fraction of sp³-hybridized carbons (Fsp3) is 0.182. The minimum absolute atomic E-state index is 0.0477. The highest BCUT2D eigenvalue weighted by molar-refractivity contribution is 5.92. The van der Waals surface area contributed by atoms with E-state index in [1.807, 2.05) is 42.5 Å². The Morgan fingerprint density at radius 3 is 2.39 bits per heavy atom. The van der Waals surface area contributed by atoms with Gasteiger partial charge in [-0.25, -0.2) is 10.2 Å². The highest BCUT2D eigenvalue weighted by Crippen LogP contribution is 2.25. The number of furan rings is 1. The summed E-state index contributed by atoms with van der Waals surface area (Å²) in [4.78, 5) is 23.9. The van der Waals surface area contributed by atoms with E-state index in [0.717, 1.165) is 0 Å². The molecule has 0 spiro atoms. The van der Waals surface area contributed by atoms with E-state index >= 15 is 0 Å². The lowest BCUT2D eigenvalue weighted by molar-refractivity contribution is 0.0904. The molecule has 9 nitrogen and oxygen atoms in total. The standard InChI is InChI=1S/C22H23N3O6/c1-28-18-9-5-6-10-19(18)29-14-13-23-22(27)25-24-21(26)20-12-11-17(31-20)15-30-16-7-3-2-4-8-16/h2-12H,13-15H2,1H3,(H,24,26)(H2,23,25,27). The second-order valence-electron chi connectivity index (χ2n) is 6.20. The predicted molar refractivity (Wildman–Crippen MR) is 112 cm³/mol. The van der Waals surface area contributed by atoms with Gasteiger partial charge < -0.3 is 23.9 Å². The van der Waals surface area contributed by atoms with Crippen molar-refractivity contribution in [3.63, 3.8) is 0 Å². The van der Waals surface area contributed by atoms with Gasteiger partial charge >= 0.3 is 11.9 Å². The fourth-order valence-electron chi connectivity index (χ4n) is 2.53. The summed E-state index contributed by atoms with van der Waals surface area (Å²) in [6, 6.07) is 19.0. The number of urea groups is 1. The Bertz CT molecular complexity index is 990. The topological polar surface area (TPSA) is 111 Å². The molecule has 0 fully saturated rings. The van der Waals surface area contributed by atoms with Gasteiger partial charge in [0.15, 0.2) is 17.3 Å². The Balaban J connectivity index is 1.34. The van der Waals surface area contributed by atoms with Crippen LogP contribution < -0.4 is 30.4 Å². The third-order valence-electron chi connectivity index (χ3n) is 4.01. The van der Waals surface area contributed by atoms with Crippen molar-refractivity contribution in [2.75, 3.05) is 20.3 Å². The van der Waals surface area contributed by atoms with Crippen molar-refractivity contribution in [2.45, 2.75) is 6.61 Å². The van der Waals surface area contributed by atoms with Gasteiger partial charge in [0.1, 0.15) is 24.7 Å². The molecule has 0 saturated carbocycles. The van der Waals surface area contributed by atoms with Crippen molar-refractivity contribution < 1.29 is 28.2 Å². The van der Waals surface area contributed by atoms with Crippen molar-refractivity contribution in [2.24, 2.45) is 0 Å². The summed E-state index contributed by atoms with van der Waals surface area (Å²) in [6.07, 6.45) is 0. The van der Waals surface area contributed by atoms with Crippen LogP contribution in [0.2, 0.25) is 0 Å². The SMILES string of the molecule is COc1ccccc1OCCNC(=O)NNC(=O)c1ccc(COc2ccccc2)o1. The smallest absolute Gasteiger partial charge is 0.333 e. The van der Waals surface area contributed by atoms with Crippen LogP contribution in [-0.2, 0) is 6.61 Å². The number of carbonyl (C=O) groups is 2. The minimum Gasteiger partial charge on any atom is -0.493 e. The first-order chi connectivity index (χ1) is 15.2. The van der Waals surface area contributed by atoms with Gasteiger partial charge in [-0.3, -0.25) is 10.2 Å². The van der Waals surface area contributed by atoms with Gasteiger partial charge in [0.05, 0.1) is 13.7 Å². The molecule has 3 amide bonds. The summed E-state index contributed by atoms with van der Waals surface area (Å²) in [5.41, 5.74) is 4.51. The molecule has 3 N–H and O–H groups in total. The zero-order valence-electron chi connectivity index (χ0n) is 16.9. The molecule has 3 aromatic rings. The van der Waals surface area contributed by atoms with E-state index in [-0.39, 0.29) is 25.5 Å². The number of hydrogen-bond donors (Lipinski definition) is 3. The molecule has 3 rings (SSSR count). The molecule has 0 aliphatic rings. The summed E-state index contributed by atoms with van der Waals surface area (Å²) < 4.78 is 21.7. The Morgan fingerprint density at radius 1 is 0.871 bits per heavy atom. The maximum absolute atomic E-state index is 12.1. The summed E-state index contributed by atoms with van der Waals surface area (Å²) in [7, 11) is 1.55. The molecular formula is C22H23N3O6. The predicted octanol–water partition coefficient (Wildman–Crippen LogP) is 2.89. The van der Waals surface area contributed by atoms with Crippen molar-refractivity contribution in [3.8, 4) is 17.2 Å². The van der Waals surface area contributed by atoms with Crippen molar-refractivity contribution in [1.82, 2.24) is 16.2 Å². The molecule has 0 aliphatic heterocycles. The van der Waals surface area contributed by atoms with Gasteiger partial charge in [-0.15, -0.1) is 0 Å². The Labute approximate surface area is 179 Å². The van der Waals surface area contributed by atoms with Gasteiger partial charge in [0.25, 0.3) is 0 Å². The number of ether oxygens (including phenoxy) is 3. The number of para-hydroxylation sites is 3. The van der Waals surface area contributed by atoms with E-state index in [9.17, 15) is 9.59 Å². The van der Waals surface area contributed by atoms with E-state index in [2.05, 4.69) is 16.2 Å². The fourth-order valence-corrected chi connectivity index (χ4v) is 2.53. The molecule has 0 bridgehead atoms. The third-order valence-corrected chi connectivity index (χ3v) is 4.01. The second kappa shape index (κ2) is 11.1.